The molecule has 3 aromatic rings. The molecule has 7 nitrogen and oxygen atoms in total. The molecule has 3 N–H and O–H groups in total. The van der Waals surface area contributed by atoms with Crippen LogP contribution in [0, 0.1) is 0 Å². The SMILES string of the molecule is O=c1[nH]c(NCCCNC2CCCCC2)nc2c1cnn2-c1ccccc1. The van der Waals surface area contributed by atoms with Gasteiger partial charge in [-0.1, -0.05) is 37.5 Å². The first-order chi connectivity index (χ1) is 13.3. The molecule has 0 aliphatic heterocycles. The number of fused-ring (bicyclic) bond motifs is 1. The molecule has 1 aliphatic carbocycles. The zero-order valence-electron chi connectivity index (χ0n) is 15.4. The van der Waals surface area contributed by atoms with Crippen molar-refractivity contribution in [2.45, 2.75) is 44.6 Å². The average Bonchev–Trinajstić information content (AvgIpc) is 3.14. The van der Waals surface area contributed by atoms with Crippen molar-refractivity contribution in [3.05, 3.63) is 46.9 Å². The van der Waals surface area contributed by atoms with Gasteiger partial charge in [0.15, 0.2) is 5.65 Å². The molecule has 0 unspecified atom stereocenters. The normalized spacial score (nSPS) is 15.3. The summed E-state index contributed by atoms with van der Waals surface area (Å²) in [5, 5.41) is 11.7. The van der Waals surface area contributed by atoms with E-state index in [-0.39, 0.29) is 5.56 Å². The Labute approximate surface area is 158 Å². The largest absolute Gasteiger partial charge is 0.356 e. The van der Waals surface area contributed by atoms with Crippen LogP contribution in [0.15, 0.2) is 41.3 Å². The molecule has 27 heavy (non-hydrogen) atoms. The van der Waals surface area contributed by atoms with E-state index in [0.717, 1.165) is 25.2 Å². The maximum atomic E-state index is 12.3. The lowest BCUT2D eigenvalue weighted by Gasteiger charge is -2.22. The summed E-state index contributed by atoms with van der Waals surface area (Å²) in [6.45, 7) is 1.74. The lowest BCUT2D eigenvalue weighted by atomic mass is 9.95. The second-order valence-electron chi connectivity index (χ2n) is 7.11. The van der Waals surface area contributed by atoms with E-state index in [1.807, 2.05) is 30.3 Å². The number of H-pyrrole nitrogens is 1. The van der Waals surface area contributed by atoms with Crippen LogP contribution in [0.2, 0.25) is 0 Å². The highest BCUT2D eigenvalue weighted by atomic mass is 16.1. The molecular formula is C20H26N6O. The molecule has 7 heteroatoms. The van der Waals surface area contributed by atoms with E-state index in [1.54, 1.807) is 10.9 Å². The maximum absolute atomic E-state index is 12.3. The van der Waals surface area contributed by atoms with Crippen molar-refractivity contribution in [1.29, 1.82) is 0 Å². The van der Waals surface area contributed by atoms with Crippen LogP contribution in [0.4, 0.5) is 5.95 Å². The number of aromatic amines is 1. The van der Waals surface area contributed by atoms with Crippen molar-refractivity contribution in [1.82, 2.24) is 25.1 Å². The zero-order chi connectivity index (χ0) is 18.5. The first kappa shape index (κ1) is 17.7. The van der Waals surface area contributed by atoms with Crippen molar-refractivity contribution in [2.75, 3.05) is 18.4 Å². The fourth-order valence-corrected chi connectivity index (χ4v) is 3.67. The predicted molar refractivity (Wildman–Crippen MR) is 107 cm³/mol. The summed E-state index contributed by atoms with van der Waals surface area (Å²) in [6, 6.07) is 10.4. The van der Waals surface area contributed by atoms with Gasteiger partial charge in [-0.05, 0) is 37.9 Å². The molecular weight excluding hydrogens is 340 g/mol. The Bertz CT molecular complexity index is 927. The highest BCUT2D eigenvalue weighted by molar-refractivity contribution is 5.76. The predicted octanol–water partition coefficient (Wildman–Crippen LogP) is 2.83. The van der Waals surface area contributed by atoms with Crippen LogP contribution >= 0.6 is 0 Å². The Morgan fingerprint density at radius 3 is 2.74 bits per heavy atom. The van der Waals surface area contributed by atoms with E-state index in [1.165, 1.54) is 32.1 Å². The highest BCUT2D eigenvalue weighted by Gasteiger charge is 2.13. The number of benzene rings is 1. The third kappa shape index (κ3) is 4.19. The second kappa shape index (κ2) is 8.35. The topological polar surface area (TPSA) is 87.6 Å². The first-order valence-electron chi connectivity index (χ1n) is 9.82. The van der Waals surface area contributed by atoms with Gasteiger partial charge in [0, 0.05) is 12.6 Å². The number of rotatable bonds is 7. The van der Waals surface area contributed by atoms with Gasteiger partial charge in [0.05, 0.1) is 11.9 Å². The van der Waals surface area contributed by atoms with E-state index in [4.69, 9.17) is 0 Å². The summed E-state index contributed by atoms with van der Waals surface area (Å²) in [7, 11) is 0. The third-order valence-electron chi connectivity index (χ3n) is 5.12. The number of anilines is 1. The van der Waals surface area contributed by atoms with Gasteiger partial charge in [-0.15, -0.1) is 0 Å². The number of nitrogens with zero attached hydrogens (tertiary/aromatic N) is 3. The Morgan fingerprint density at radius 1 is 1.11 bits per heavy atom. The molecule has 1 fully saturated rings. The molecule has 0 atom stereocenters. The first-order valence-corrected chi connectivity index (χ1v) is 9.82. The molecule has 1 aromatic carbocycles. The summed E-state index contributed by atoms with van der Waals surface area (Å²) in [5.74, 6) is 0.489. The van der Waals surface area contributed by atoms with E-state index in [0.29, 0.717) is 23.0 Å². The van der Waals surface area contributed by atoms with Crippen LogP contribution in [-0.4, -0.2) is 38.9 Å². The molecule has 0 saturated heterocycles. The van der Waals surface area contributed by atoms with Crippen LogP contribution in [-0.2, 0) is 0 Å². The van der Waals surface area contributed by atoms with Gasteiger partial charge in [-0.3, -0.25) is 9.78 Å². The monoisotopic (exact) mass is 366 g/mol. The van der Waals surface area contributed by atoms with Gasteiger partial charge < -0.3 is 10.6 Å². The molecule has 2 aromatic heterocycles. The van der Waals surface area contributed by atoms with E-state index in [9.17, 15) is 4.79 Å². The molecule has 0 amide bonds. The van der Waals surface area contributed by atoms with Crippen molar-refractivity contribution < 1.29 is 0 Å². The molecule has 2 heterocycles. The minimum absolute atomic E-state index is 0.176. The Balaban J connectivity index is 1.39. The molecule has 142 valence electrons. The van der Waals surface area contributed by atoms with Crippen LogP contribution < -0.4 is 16.2 Å². The second-order valence-corrected chi connectivity index (χ2v) is 7.11. The molecule has 1 saturated carbocycles. The Morgan fingerprint density at radius 2 is 1.93 bits per heavy atom. The Hall–Kier alpha value is -2.67. The number of nitrogens with one attached hydrogen (secondary N) is 3. The van der Waals surface area contributed by atoms with Gasteiger partial charge in [0.2, 0.25) is 5.95 Å². The maximum Gasteiger partial charge on any atom is 0.263 e. The third-order valence-corrected chi connectivity index (χ3v) is 5.12. The van der Waals surface area contributed by atoms with Crippen molar-refractivity contribution in [3.63, 3.8) is 0 Å². The summed E-state index contributed by atoms with van der Waals surface area (Å²) in [6.07, 6.45) is 9.19. The molecule has 0 radical (unpaired) electrons. The highest BCUT2D eigenvalue weighted by Crippen LogP contribution is 2.17. The van der Waals surface area contributed by atoms with Gasteiger partial charge in [-0.25, -0.2) is 4.68 Å². The lowest BCUT2D eigenvalue weighted by molar-refractivity contribution is 0.373. The minimum Gasteiger partial charge on any atom is -0.356 e. The smallest absolute Gasteiger partial charge is 0.263 e. The number of para-hydroxylation sites is 1. The lowest BCUT2D eigenvalue weighted by Crippen LogP contribution is -2.32. The molecule has 4 rings (SSSR count). The van der Waals surface area contributed by atoms with Gasteiger partial charge in [0.1, 0.15) is 5.39 Å². The van der Waals surface area contributed by atoms with Gasteiger partial charge >= 0.3 is 0 Å². The zero-order valence-corrected chi connectivity index (χ0v) is 15.4. The quantitative estimate of drug-likeness (QED) is 0.560. The van der Waals surface area contributed by atoms with Crippen LogP contribution in [0.25, 0.3) is 16.7 Å². The summed E-state index contributed by atoms with van der Waals surface area (Å²) in [4.78, 5) is 19.7. The molecule has 1 aliphatic rings. The van der Waals surface area contributed by atoms with Crippen LogP contribution in [0.3, 0.4) is 0 Å². The van der Waals surface area contributed by atoms with Crippen LogP contribution in [0.5, 0.6) is 0 Å². The summed E-state index contributed by atoms with van der Waals surface area (Å²) < 4.78 is 1.69. The standard InChI is InChI=1S/C20H26N6O/c27-19-17-14-23-26(16-10-5-2-6-11-16)18(17)24-20(25-19)22-13-7-12-21-15-8-3-1-4-9-15/h2,5-6,10-11,14-15,21H,1,3-4,7-9,12-13H2,(H2,22,24,25,27). The minimum atomic E-state index is -0.176. The Kier molecular flexibility index (Phi) is 5.48. The molecule has 0 bridgehead atoms. The van der Waals surface area contributed by atoms with Crippen molar-refractivity contribution in [2.24, 2.45) is 0 Å². The molecule has 0 spiro atoms. The van der Waals surface area contributed by atoms with Gasteiger partial charge in [0.25, 0.3) is 5.56 Å². The van der Waals surface area contributed by atoms with E-state index in [2.05, 4.69) is 25.7 Å². The number of hydrogen-bond donors (Lipinski definition) is 3. The van der Waals surface area contributed by atoms with E-state index < -0.39 is 0 Å². The fraction of sp³-hybridized carbons (Fsp3) is 0.450. The van der Waals surface area contributed by atoms with Crippen molar-refractivity contribution >= 4 is 17.0 Å². The van der Waals surface area contributed by atoms with Gasteiger partial charge in [-0.2, -0.15) is 10.1 Å². The van der Waals surface area contributed by atoms with Crippen LogP contribution in [0.1, 0.15) is 38.5 Å². The number of hydrogen-bond acceptors (Lipinski definition) is 5. The summed E-state index contributed by atoms with van der Waals surface area (Å²) >= 11 is 0. The average molecular weight is 366 g/mol. The number of aromatic nitrogens is 4. The van der Waals surface area contributed by atoms with Crippen molar-refractivity contribution in [3.8, 4) is 5.69 Å². The summed E-state index contributed by atoms with van der Waals surface area (Å²) in [5.41, 5.74) is 1.27. The van der Waals surface area contributed by atoms with E-state index >= 15 is 0 Å². The fourth-order valence-electron chi connectivity index (χ4n) is 3.67.